The first-order chi connectivity index (χ1) is 13.3. The summed E-state index contributed by atoms with van der Waals surface area (Å²) in [6.07, 6.45) is 10.1. The average Bonchev–Trinajstić information content (AvgIpc) is 3.06. The van der Waals surface area contributed by atoms with Crippen LogP contribution in [0.2, 0.25) is 0 Å². The van der Waals surface area contributed by atoms with Crippen LogP contribution >= 0.6 is 11.3 Å². The van der Waals surface area contributed by atoms with Gasteiger partial charge in [0, 0.05) is 50.2 Å². The number of hydrogen-bond acceptors (Lipinski definition) is 5. The van der Waals surface area contributed by atoms with E-state index < -0.39 is 0 Å². The highest BCUT2D eigenvalue weighted by Crippen LogP contribution is 2.34. The second kappa shape index (κ2) is 7.32. The van der Waals surface area contributed by atoms with E-state index in [9.17, 15) is 4.79 Å². The van der Waals surface area contributed by atoms with Crippen LogP contribution < -0.4 is 0 Å². The fourth-order valence-corrected chi connectivity index (χ4v) is 5.35. The highest BCUT2D eigenvalue weighted by molar-refractivity contribution is 7.13. The number of nitrogens with zero attached hydrogens (tertiary/aromatic N) is 4. The van der Waals surface area contributed by atoms with Gasteiger partial charge < -0.3 is 4.90 Å². The Balaban J connectivity index is 1.27. The maximum absolute atomic E-state index is 12.9. The molecule has 2 aromatic rings. The van der Waals surface area contributed by atoms with Crippen LogP contribution in [0.15, 0.2) is 29.9 Å². The first-order valence-corrected chi connectivity index (χ1v) is 11.0. The summed E-state index contributed by atoms with van der Waals surface area (Å²) in [6.45, 7) is 3.69. The molecule has 4 aliphatic rings. The zero-order valence-corrected chi connectivity index (χ0v) is 16.4. The zero-order valence-electron chi connectivity index (χ0n) is 15.6. The lowest BCUT2D eigenvalue weighted by atomic mass is 9.83. The molecule has 0 radical (unpaired) electrons. The minimum atomic E-state index is 0.176. The van der Waals surface area contributed by atoms with Gasteiger partial charge in [0.2, 0.25) is 5.91 Å². The van der Waals surface area contributed by atoms with Crippen LogP contribution in [0.4, 0.5) is 0 Å². The van der Waals surface area contributed by atoms with E-state index in [1.807, 2.05) is 23.8 Å². The molecule has 6 heteroatoms. The van der Waals surface area contributed by atoms with Gasteiger partial charge in [-0.05, 0) is 43.0 Å². The van der Waals surface area contributed by atoms with Crippen molar-refractivity contribution in [2.75, 3.05) is 19.6 Å². The lowest BCUT2D eigenvalue weighted by Gasteiger charge is -2.40. The predicted molar refractivity (Wildman–Crippen MR) is 106 cm³/mol. The van der Waals surface area contributed by atoms with Gasteiger partial charge in [-0.1, -0.05) is 12.5 Å². The normalized spacial score (nSPS) is 26.2. The van der Waals surface area contributed by atoms with Gasteiger partial charge in [0.15, 0.2) is 5.82 Å². The third-order valence-electron chi connectivity index (χ3n) is 6.40. The van der Waals surface area contributed by atoms with E-state index >= 15 is 0 Å². The summed E-state index contributed by atoms with van der Waals surface area (Å²) in [5.41, 5.74) is 1.13. The Bertz CT molecular complexity index is 787. The fourth-order valence-electron chi connectivity index (χ4n) is 4.68. The Morgan fingerprint density at radius 3 is 2.67 bits per heavy atom. The summed E-state index contributed by atoms with van der Waals surface area (Å²) in [5, 5.41) is 2.05. The van der Waals surface area contributed by atoms with Gasteiger partial charge in [0.25, 0.3) is 0 Å². The standard InChI is InChI=1S/C21H26N4OS/c26-21-17-6-7-18(25(21)12-15-3-1-4-15)14-24(13-17)11-16-9-22-20(23-10-16)19-5-2-8-27-19/h2,5,8-10,15,17-18H,1,3-4,6-7,11-14H2/t17-,18+/m0/s1. The van der Waals surface area contributed by atoms with Crippen molar-refractivity contribution in [1.82, 2.24) is 19.8 Å². The fraction of sp³-hybridized carbons (Fsp3) is 0.571. The monoisotopic (exact) mass is 382 g/mol. The minimum Gasteiger partial charge on any atom is -0.338 e. The van der Waals surface area contributed by atoms with E-state index in [4.69, 9.17) is 0 Å². The molecule has 1 saturated carbocycles. The van der Waals surface area contributed by atoms with Crippen molar-refractivity contribution >= 4 is 17.2 Å². The first kappa shape index (κ1) is 17.3. The van der Waals surface area contributed by atoms with Crippen molar-refractivity contribution in [3.63, 3.8) is 0 Å². The Kier molecular flexibility index (Phi) is 4.70. The Morgan fingerprint density at radius 1 is 1.11 bits per heavy atom. The molecular formula is C21H26N4OS. The quantitative estimate of drug-likeness (QED) is 0.795. The van der Waals surface area contributed by atoms with E-state index in [0.29, 0.717) is 11.9 Å². The topological polar surface area (TPSA) is 49.3 Å². The molecular weight excluding hydrogens is 356 g/mol. The van der Waals surface area contributed by atoms with Gasteiger partial charge in [0.1, 0.15) is 0 Å². The summed E-state index contributed by atoms with van der Waals surface area (Å²) < 4.78 is 0. The molecule has 2 bridgehead atoms. The van der Waals surface area contributed by atoms with Gasteiger partial charge in [-0.15, -0.1) is 11.3 Å². The molecule has 6 rings (SSSR count). The number of amides is 1. The summed E-state index contributed by atoms with van der Waals surface area (Å²) in [5.74, 6) is 2.13. The van der Waals surface area contributed by atoms with E-state index in [0.717, 1.165) is 61.2 Å². The molecule has 5 nitrogen and oxygen atoms in total. The highest BCUT2D eigenvalue weighted by Gasteiger charge is 2.41. The van der Waals surface area contributed by atoms with E-state index in [-0.39, 0.29) is 5.92 Å². The molecule has 0 aromatic carbocycles. The predicted octanol–water partition coefficient (Wildman–Crippen LogP) is 3.43. The SMILES string of the molecule is O=C1[C@H]2CC[C@H](CN(Cc3cnc(-c4cccs4)nc3)C2)N1CC1CCC1. The Labute approximate surface area is 164 Å². The van der Waals surface area contributed by atoms with Gasteiger partial charge in [-0.3, -0.25) is 9.69 Å². The molecule has 27 heavy (non-hydrogen) atoms. The first-order valence-electron chi connectivity index (χ1n) is 10.1. The molecule has 0 unspecified atom stereocenters. The number of carbonyl (C=O) groups excluding carboxylic acids is 1. The van der Waals surface area contributed by atoms with Crippen LogP contribution in [-0.4, -0.2) is 51.4 Å². The third kappa shape index (κ3) is 3.52. The largest absolute Gasteiger partial charge is 0.338 e. The van der Waals surface area contributed by atoms with Crippen molar-refractivity contribution in [2.24, 2.45) is 11.8 Å². The summed E-state index contributed by atoms with van der Waals surface area (Å²) in [7, 11) is 0. The van der Waals surface area contributed by atoms with Gasteiger partial charge in [0.05, 0.1) is 10.8 Å². The van der Waals surface area contributed by atoms with Gasteiger partial charge in [-0.2, -0.15) is 0 Å². The number of thiophene rings is 1. The number of aromatic nitrogens is 2. The number of hydrogen-bond donors (Lipinski definition) is 0. The highest BCUT2D eigenvalue weighted by atomic mass is 32.1. The molecule has 1 aliphatic carbocycles. The smallest absolute Gasteiger partial charge is 0.227 e. The zero-order chi connectivity index (χ0) is 18.2. The maximum Gasteiger partial charge on any atom is 0.227 e. The van der Waals surface area contributed by atoms with E-state index in [1.165, 1.54) is 19.3 Å². The summed E-state index contributed by atoms with van der Waals surface area (Å²) in [6, 6.07) is 4.47. The van der Waals surface area contributed by atoms with E-state index in [1.54, 1.807) is 11.3 Å². The Morgan fingerprint density at radius 2 is 1.96 bits per heavy atom. The lowest BCUT2D eigenvalue weighted by molar-refractivity contribution is -0.141. The van der Waals surface area contributed by atoms with Crippen molar-refractivity contribution in [3.05, 3.63) is 35.5 Å². The number of piperidine rings is 1. The van der Waals surface area contributed by atoms with Crippen molar-refractivity contribution in [3.8, 4) is 10.7 Å². The van der Waals surface area contributed by atoms with Crippen LogP contribution in [0, 0.1) is 11.8 Å². The Hall–Kier alpha value is -1.79. The minimum absolute atomic E-state index is 0.176. The summed E-state index contributed by atoms with van der Waals surface area (Å²) in [4.78, 5) is 27.8. The molecule has 5 heterocycles. The number of rotatable bonds is 5. The molecule has 142 valence electrons. The van der Waals surface area contributed by atoms with E-state index in [2.05, 4.69) is 25.8 Å². The van der Waals surface area contributed by atoms with Crippen LogP contribution in [0.25, 0.3) is 10.7 Å². The van der Waals surface area contributed by atoms with Crippen molar-refractivity contribution in [2.45, 2.75) is 44.7 Å². The second-order valence-electron chi connectivity index (χ2n) is 8.30. The molecule has 2 aromatic heterocycles. The van der Waals surface area contributed by atoms with Crippen LogP contribution in [0.3, 0.4) is 0 Å². The van der Waals surface area contributed by atoms with Gasteiger partial charge >= 0.3 is 0 Å². The van der Waals surface area contributed by atoms with Crippen LogP contribution in [0.1, 0.15) is 37.7 Å². The number of carbonyl (C=O) groups is 1. The number of fused-ring (bicyclic) bond motifs is 4. The molecule has 2 atom stereocenters. The lowest BCUT2D eigenvalue weighted by Crippen LogP contribution is -2.50. The van der Waals surface area contributed by atoms with Crippen LogP contribution in [0.5, 0.6) is 0 Å². The molecule has 1 amide bonds. The van der Waals surface area contributed by atoms with Crippen molar-refractivity contribution < 1.29 is 4.79 Å². The molecule has 4 fully saturated rings. The second-order valence-corrected chi connectivity index (χ2v) is 9.25. The van der Waals surface area contributed by atoms with Crippen LogP contribution in [-0.2, 0) is 11.3 Å². The van der Waals surface area contributed by atoms with Gasteiger partial charge in [-0.25, -0.2) is 9.97 Å². The molecule has 3 aliphatic heterocycles. The third-order valence-corrected chi connectivity index (χ3v) is 7.27. The van der Waals surface area contributed by atoms with Crippen molar-refractivity contribution in [1.29, 1.82) is 0 Å². The molecule has 0 N–H and O–H groups in total. The molecule has 0 spiro atoms. The summed E-state index contributed by atoms with van der Waals surface area (Å²) >= 11 is 1.66. The average molecular weight is 383 g/mol. The maximum atomic E-state index is 12.9. The molecule has 3 saturated heterocycles.